The van der Waals surface area contributed by atoms with Gasteiger partial charge in [-0.3, -0.25) is 4.90 Å². The van der Waals surface area contributed by atoms with Crippen molar-refractivity contribution < 1.29 is 9.47 Å². The minimum Gasteiger partial charge on any atom is -0.494 e. The lowest BCUT2D eigenvalue weighted by molar-refractivity contribution is 0.111. The molecule has 0 heterocycles. The van der Waals surface area contributed by atoms with Crippen molar-refractivity contribution in [1.29, 1.82) is 0 Å². The molecule has 0 aliphatic carbocycles. The van der Waals surface area contributed by atoms with Gasteiger partial charge in [-0.2, -0.15) is 0 Å². The van der Waals surface area contributed by atoms with E-state index >= 15 is 0 Å². The van der Waals surface area contributed by atoms with Crippen LogP contribution in [0.2, 0.25) is 0 Å². The molecule has 0 saturated heterocycles. The number of hydrogen-bond acceptors (Lipinski definition) is 4. The van der Waals surface area contributed by atoms with Crippen molar-refractivity contribution in [3.63, 3.8) is 0 Å². The van der Waals surface area contributed by atoms with E-state index in [9.17, 15) is 0 Å². The van der Waals surface area contributed by atoms with Crippen LogP contribution in [0.25, 0.3) is 0 Å². The summed E-state index contributed by atoms with van der Waals surface area (Å²) in [5.41, 5.74) is 7.71. The van der Waals surface area contributed by atoms with Crippen LogP contribution in [0.5, 0.6) is 5.75 Å². The molecule has 0 saturated carbocycles. The molecular weight excluding hydrogens is 228 g/mol. The molecule has 1 aromatic rings. The van der Waals surface area contributed by atoms with Crippen LogP contribution in [0, 0.1) is 0 Å². The van der Waals surface area contributed by atoms with Gasteiger partial charge in [0.25, 0.3) is 0 Å². The number of likely N-dealkylation sites (N-methyl/N-ethyl adjacent to an activating group) is 1. The number of hydrogen-bond donors (Lipinski definition) is 1. The molecule has 2 N–H and O–H groups in total. The van der Waals surface area contributed by atoms with Crippen molar-refractivity contribution in [3.05, 3.63) is 23.8 Å². The van der Waals surface area contributed by atoms with Gasteiger partial charge in [0.15, 0.2) is 0 Å². The number of nitrogens with two attached hydrogens (primary N) is 1. The van der Waals surface area contributed by atoms with E-state index in [1.54, 1.807) is 7.11 Å². The van der Waals surface area contributed by atoms with E-state index in [1.807, 2.05) is 25.1 Å². The Morgan fingerprint density at radius 1 is 1.39 bits per heavy atom. The zero-order valence-corrected chi connectivity index (χ0v) is 11.8. The van der Waals surface area contributed by atoms with E-state index < -0.39 is 0 Å². The van der Waals surface area contributed by atoms with Crippen LogP contribution in [-0.2, 0) is 11.3 Å². The maximum Gasteiger partial charge on any atom is 0.123 e. The fraction of sp³-hybridized carbons (Fsp3) is 0.571. The van der Waals surface area contributed by atoms with E-state index in [4.69, 9.17) is 15.2 Å². The predicted molar refractivity (Wildman–Crippen MR) is 74.8 cm³/mol. The van der Waals surface area contributed by atoms with E-state index in [-0.39, 0.29) is 0 Å². The summed E-state index contributed by atoms with van der Waals surface area (Å²) in [7, 11) is 3.79. The zero-order valence-electron chi connectivity index (χ0n) is 11.8. The van der Waals surface area contributed by atoms with Crippen LogP contribution >= 0.6 is 0 Å². The second-order valence-corrected chi connectivity index (χ2v) is 4.52. The highest BCUT2D eigenvalue weighted by molar-refractivity contribution is 5.47. The highest BCUT2D eigenvalue weighted by Gasteiger charge is 2.12. The first-order valence-electron chi connectivity index (χ1n) is 6.28. The summed E-state index contributed by atoms with van der Waals surface area (Å²) in [6, 6.07) is 6.13. The van der Waals surface area contributed by atoms with Gasteiger partial charge in [0.1, 0.15) is 5.75 Å². The van der Waals surface area contributed by atoms with Gasteiger partial charge < -0.3 is 15.2 Å². The predicted octanol–water partition coefficient (Wildman–Crippen LogP) is 2.13. The van der Waals surface area contributed by atoms with Crippen molar-refractivity contribution in [2.45, 2.75) is 26.4 Å². The Kier molecular flexibility index (Phi) is 5.95. The van der Waals surface area contributed by atoms with Gasteiger partial charge in [0.05, 0.1) is 13.2 Å². The molecular formula is C14H24N2O2. The lowest BCUT2D eigenvalue weighted by Crippen LogP contribution is -2.32. The summed E-state index contributed by atoms with van der Waals surface area (Å²) in [4.78, 5) is 2.22. The number of methoxy groups -OCH3 is 1. The summed E-state index contributed by atoms with van der Waals surface area (Å²) < 4.78 is 10.8. The SMILES string of the molecule is CCOc1ccc(N)cc1CN(C)C(C)COC. The third-order valence-corrected chi connectivity index (χ3v) is 2.96. The molecule has 0 fully saturated rings. The summed E-state index contributed by atoms with van der Waals surface area (Å²) in [5, 5.41) is 0. The molecule has 0 radical (unpaired) electrons. The van der Waals surface area contributed by atoms with Crippen molar-refractivity contribution in [2.75, 3.05) is 33.1 Å². The number of anilines is 1. The monoisotopic (exact) mass is 252 g/mol. The van der Waals surface area contributed by atoms with Crippen molar-refractivity contribution in [1.82, 2.24) is 4.90 Å². The Balaban J connectivity index is 2.78. The molecule has 18 heavy (non-hydrogen) atoms. The Bertz CT molecular complexity index is 369. The molecule has 4 heteroatoms. The molecule has 0 amide bonds. The molecule has 1 atom stereocenters. The molecule has 0 bridgehead atoms. The van der Waals surface area contributed by atoms with E-state index in [2.05, 4.69) is 18.9 Å². The first kappa shape index (κ1) is 14.8. The molecule has 1 rings (SSSR count). The minimum absolute atomic E-state index is 0.353. The van der Waals surface area contributed by atoms with E-state index in [0.717, 1.165) is 23.5 Å². The average molecular weight is 252 g/mol. The van der Waals surface area contributed by atoms with Crippen LogP contribution in [0.1, 0.15) is 19.4 Å². The smallest absolute Gasteiger partial charge is 0.123 e. The van der Waals surface area contributed by atoms with Crippen LogP contribution in [0.3, 0.4) is 0 Å². The molecule has 0 spiro atoms. The molecule has 1 aromatic carbocycles. The van der Waals surface area contributed by atoms with Crippen LogP contribution in [0.4, 0.5) is 5.69 Å². The Hall–Kier alpha value is -1.26. The van der Waals surface area contributed by atoms with Crippen molar-refractivity contribution in [2.24, 2.45) is 0 Å². The number of benzene rings is 1. The average Bonchev–Trinajstić information content (AvgIpc) is 2.33. The molecule has 1 unspecified atom stereocenters. The molecule has 102 valence electrons. The van der Waals surface area contributed by atoms with Crippen LogP contribution < -0.4 is 10.5 Å². The lowest BCUT2D eigenvalue weighted by Gasteiger charge is -2.25. The summed E-state index contributed by atoms with van der Waals surface area (Å²) in [6.45, 7) is 6.29. The van der Waals surface area contributed by atoms with Gasteiger partial charge in [-0.15, -0.1) is 0 Å². The summed E-state index contributed by atoms with van der Waals surface area (Å²) >= 11 is 0. The second-order valence-electron chi connectivity index (χ2n) is 4.52. The Labute approximate surface area is 110 Å². The second kappa shape index (κ2) is 7.24. The minimum atomic E-state index is 0.353. The van der Waals surface area contributed by atoms with Gasteiger partial charge in [0, 0.05) is 30.9 Å². The maximum atomic E-state index is 5.84. The lowest BCUT2D eigenvalue weighted by atomic mass is 10.1. The Morgan fingerprint density at radius 2 is 2.11 bits per heavy atom. The molecule has 0 aromatic heterocycles. The fourth-order valence-corrected chi connectivity index (χ4v) is 1.81. The first-order valence-corrected chi connectivity index (χ1v) is 6.28. The largest absolute Gasteiger partial charge is 0.494 e. The standard InChI is InChI=1S/C14H24N2O2/c1-5-18-14-7-6-13(15)8-12(14)9-16(3)11(2)10-17-4/h6-8,11H,5,9-10,15H2,1-4H3. The van der Waals surface area contributed by atoms with Gasteiger partial charge >= 0.3 is 0 Å². The molecule has 4 nitrogen and oxygen atoms in total. The highest BCUT2D eigenvalue weighted by atomic mass is 16.5. The quantitative estimate of drug-likeness (QED) is 0.755. The maximum absolute atomic E-state index is 5.84. The topological polar surface area (TPSA) is 47.7 Å². The summed E-state index contributed by atoms with van der Waals surface area (Å²) in [5.74, 6) is 0.906. The van der Waals surface area contributed by atoms with Crippen LogP contribution in [0.15, 0.2) is 18.2 Å². The van der Waals surface area contributed by atoms with Gasteiger partial charge in [-0.1, -0.05) is 0 Å². The third-order valence-electron chi connectivity index (χ3n) is 2.96. The van der Waals surface area contributed by atoms with E-state index in [0.29, 0.717) is 19.3 Å². The zero-order chi connectivity index (χ0) is 13.5. The van der Waals surface area contributed by atoms with Gasteiger partial charge in [-0.25, -0.2) is 0 Å². The number of rotatable bonds is 7. The highest BCUT2D eigenvalue weighted by Crippen LogP contribution is 2.23. The number of nitrogens with zero attached hydrogens (tertiary/aromatic N) is 1. The fourth-order valence-electron chi connectivity index (χ4n) is 1.81. The van der Waals surface area contributed by atoms with Crippen molar-refractivity contribution >= 4 is 5.69 Å². The van der Waals surface area contributed by atoms with Crippen LogP contribution in [-0.4, -0.2) is 38.3 Å². The third kappa shape index (κ3) is 4.20. The first-order chi connectivity index (χ1) is 8.58. The molecule has 0 aliphatic heterocycles. The number of nitrogen functional groups attached to an aromatic ring is 1. The summed E-state index contributed by atoms with van der Waals surface area (Å²) in [6.07, 6.45) is 0. The normalized spacial score (nSPS) is 12.7. The van der Waals surface area contributed by atoms with E-state index in [1.165, 1.54) is 0 Å². The number of ether oxygens (including phenoxy) is 2. The van der Waals surface area contributed by atoms with Gasteiger partial charge in [-0.05, 0) is 39.1 Å². The van der Waals surface area contributed by atoms with Crippen molar-refractivity contribution in [3.8, 4) is 5.75 Å². The Morgan fingerprint density at radius 3 is 2.72 bits per heavy atom. The molecule has 0 aliphatic rings. The van der Waals surface area contributed by atoms with Gasteiger partial charge in [0.2, 0.25) is 0 Å².